The molecule has 0 aliphatic carbocycles. The lowest BCUT2D eigenvalue weighted by atomic mass is 10.1. The lowest BCUT2D eigenvalue weighted by Crippen LogP contribution is -2.27. The van der Waals surface area contributed by atoms with Crippen molar-refractivity contribution in [3.05, 3.63) is 35.4 Å². The van der Waals surface area contributed by atoms with Crippen LogP contribution in [-0.4, -0.2) is 29.7 Å². The summed E-state index contributed by atoms with van der Waals surface area (Å²) in [4.78, 5) is 13.8. The van der Waals surface area contributed by atoms with Gasteiger partial charge in [0.1, 0.15) is 0 Å². The van der Waals surface area contributed by atoms with Crippen LogP contribution in [0.25, 0.3) is 0 Å². The number of amides is 1. The molecule has 0 atom stereocenters. The van der Waals surface area contributed by atoms with Gasteiger partial charge in [-0.05, 0) is 31.9 Å². The van der Waals surface area contributed by atoms with E-state index < -0.39 is 0 Å². The number of halogens is 1. The molecule has 0 radical (unpaired) electrons. The summed E-state index contributed by atoms with van der Waals surface area (Å²) in [5.74, 6) is 0.115. The monoisotopic (exact) mass is 297 g/mol. The molecule has 1 aromatic carbocycles. The molecule has 1 rings (SSSR count). The molecule has 0 heterocycles. The van der Waals surface area contributed by atoms with Crippen LogP contribution in [0.3, 0.4) is 0 Å². The van der Waals surface area contributed by atoms with Gasteiger partial charge in [-0.15, -0.1) is 0 Å². The SMILES string of the molecule is Cc1ccc(C(=O)N(C)CCCCCBr)cc1. The van der Waals surface area contributed by atoms with Crippen molar-refractivity contribution in [3.63, 3.8) is 0 Å². The van der Waals surface area contributed by atoms with Gasteiger partial charge in [-0.25, -0.2) is 0 Å². The van der Waals surface area contributed by atoms with Crippen LogP contribution in [0, 0.1) is 6.92 Å². The molecule has 3 heteroatoms. The Balaban J connectivity index is 2.43. The van der Waals surface area contributed by atoms with E-state index in [0.29, 0.717) is 0 Å². The lowest BCUT2D eigenvalue weighted by Gasteiger charge is -2.17. The molecule has 0 saturated carbocycles. The number of alkyl halides is 1. The highest BCUT2D eigenvalue weighted by Crippen LogP contribution is 2.07. The first-order valence-corrected chi connectivity index (χ1v) is 7.15. The predicted octanol–water partition coefficient (Wildman–Crippen LogP) is 3.63. The number of nitrogens with zero attached hydrogens (tertiary/aromatic N) is 1. The van der Waals surface area contributed by atoms with Crippen molar-refractivity contribution in [2.45, 2.75) is 26.2 Å². The molecule has 0 aromatic heterocycles. The third-order valence-electron chi connectivity index (χ3n) is 2.77. The largest absolute Gasteiger partial charge is 0.342 e. The second kappa shape index (κ2) is 7.49. The predicted molar refractivity (Wildman–Crippen MR) is 75.8 cm³/mol. The molecular weight excluding hydrogens is 278 g/mol. The van der Waals surface area contributed by atoms with E-state index in [1.165, 1.54) is 12.0 Å². The minimum atomic E-state index is 0.115. The molecule has 0 saturated heterocycles. The summed E-state index contributed by atoms with van der Waals surface area (Å²) in [6, 6.07) is 7.75. The van der Waals surface area contributed by atoms with E-state index in [-0.39, 0.29) is 5.91 Å². The average molecular weight is 298 g/mol. The molecule has 94 valence electrons. The molecule has 2 nitrogen and oxygen atoms in total. The van der Waals surface area contributed by atoms with Crippen LogP contribution in [0.15, 0.2) is 24.3 Å². The van der Waals surface area contributed by atoms with Gasteiger partial charge in [0.25, 0.3) is 5.91 Å². The number of carbonyl (C=O) groups excluding carboxylic acids is 1. The van der Waals surface area contributed by atoms with Crippen molar-refractivity contribution in [3.8, 4) is 0 Å². The van der Waals surface area contributed by atoms with Gasteiger partial charge in [0.05, 0.1) is 0 Å². The fourth-order valence-electron chi connectivity index (χ4n) is 1.64. The van der Waals surface area contributed by atoms with Crippen molar-refractivity contribution < 1.29 is 4.79 Å². The minimum Gasteiger partial charge on any atom is -0.342 e. The number of benzene rings is 1. The van der Waals surface area contributed by atoms with Crippen LogP contribution in [0.4, 0.5) is 0 Å². The highest BCUT2D eigenvalue weighted by molar-refractivity contribution is 9.09. The van der Waals surface area contributed by atoms with Gasteiger partial charge in [-0.2, -0.15) is 0 Å². The average Bonchev–Trinajstić information content (AvgIpc) is 2.34. The molecule has 1 aromatic rings. The second-order valence-corrected chi connectivity index (χ2v) is 5.14. The number of rotatable bonds is 6. The van der Waals surface area contributed by atoms with Gasteiger partial charge in [-0.3, -0.25) is 4.79 Å². The normalized spacial score (nSPS) is 10.3. The molecule has 1 amide bonds. The summed E-state index contributed by atoms with van der Waals surface area (Å²) in [6.07, 6.45) is 3.41. The van der Waals surface area contributed by atoms with E-state index in [4.69, 9.17) is 0 Å². The summed E-state index contributed by atoms with van der Waals surface area (Å²) in [5, 5.41) is 1.04. The summed E-state index contributed by atoms with van der Waals surface area (Å²) >= 11 is 3.41. The first kappa shape index (κ1) is 14.2. The molecule has 0 bridgehead atoms. The standard InChI is InChI=1S/C14H20BrNO/c1-12-6-8-13(9-7-12)14(17)16(2)11-5-3-4-10-15/h6-9H,3-5,10-11H2,1-2H3. The topological polar surface area (TPSA) is 20.3 Å². The third kappa shape index (κ3) is 4.90. The van der Waals surface area contributed by atoms with E-state index in [9.17, 15) is 4.79 Å². The quantitative estimate of drug-likeness (QED) is 0.580. The van der Waals surface area contributed by atoms with Gasteiger partial charge >= 0.3 is 0 Å². The number of carbonyl (C=O) groups is 1. The number of hydrogen-bond acceptors (Lipinski definition) is 1. The van der Waals surface area contributed by atoms with Gasteiger partial charge in [0.2, 0.25) is 0 Å². The number of hydrogen-bond donors (Lipinski definition) is 0. The minimum absolute atomic E-state index is 0.115. The van der Waals surface area contributed by atoms with Crippen molar-refractivity contribution in [2.75, 3.05) is 18.9 Å². The first-order chi connectivity index (χ1) is 8.15. The zero-order valence-electron chi connectivity index (χ0n) is 10.6. The summed E-state index contributed by atoms with van der Waals surface area (Å²) in [5.41, 5.74) is 1.96. The number of unbranched alkanes of at least 4 members (excludes halogenated alkanes) is 2. The van der Waals surface area contributed by atoms with Crippen molar-refractivity contribution in [1.29, 1.82) is 0 Å². The third-order valence-corrected chi connectivity index (χ3v) is 3.33. The molecule has 0 fully saturated rings. The Morgan fingerprint density at radius 2 is 1.82 bits per heavy atom. The molecule has 0 aliphatic rings. The van der Waals surface area contributed by atoms with Gasteiger partial charge in [0.15, 0.2) is 0 Å². The summed E-state index contributed by atoms with van der Waals surface area (Å²) in [7, 11) is 1.87. The molecule has 0 unspecified atom stereocenters. The van der Waals surface area contributed by atoms with Crippen LogP contribution >= 0.6 is 15.9 Å². The molecule has 17 heavy (non-hydrogen) atoms. The van der Waals surface area contributed by atoms with Crippen molar-refractivity contribution in [1.82, 2.24) is 4.90 Å². The smallest absolute Gasteiger partial charge is 0.253 e. The summed E-state index contributed by atoms with van der Waals surface area (Å²) < 4.78 is 0. The highest BCUT2D eigenvalue weighted by Gasteiger charge is 2.10. The Morgan fingerprint density at radius 1 is 1.18 bits per heavy atom. The Morgan fingerprint density at radius 3 is 2.41 bits per heavy atom. The Bertz CT molecular complexity index is 348. The molecule has 0 N–H and O–H groups in total. The van der Waals surface area contributed by atoms with Gasteiger partial charge in [0, 0.05) is 24.5 Å². The fourth-order valence-corrected chi connectivity index (χ4v) is 2.03. The highest BCUT2D eigenvalue weighted by atomic mass is 79.9. The van der Waals surface area contributed by atoms with Crippen LogP contribution in [0.5, 0.6) is 0 Å². The van der Waals surface area contributed by atoms with Crippen LogP contribution in [0.1, 0.15) is 35.2 Å². The van der Waals surface area contributed by atoms with E-state index in [2.05, 4.69) is 15.9 Å². The van der Waals surface area contributed by atoms with Crippen LogP contribution < -0.4 is 0 Å². The van der Waals surface area contributed by atoms with E-state index >= 15 is 0 Å². The Kier molecular flexibility index (Phi) is 6.27. The van der Waals surface area contributed by atoms with E-state index in [0.717, 1.165) is 30.3 Å². The Hall–Kier alpha value is -0.830. The van der Waals surface area contributed by atoms with Gasteiger partial charge in [-0.1, -0.05) is 40.0 Å². The van der Waals surface area contributed by atoms with Crippen LogP contribution in [-0.2, 0) is 0 Å². The van der Waals surface area contributed by atoms with Crippen LogP contribution in [0.2, 0.25) is 0 Å². The van der Waals surface area contributed by atoms with E-state index in [1.807, 2.05) is 38.2 Å². The maximum Gasteiger partial charge on any atom is 0.253 e. The zero-order valence-corrected chi connectivity index (χ0v) is 12.2. The first-order valence-electron chi connectivity index (χ1n) is 6.03. The van der Waals surface area contributed by atoms with Crippen molar-refractivity contribution >= 4 is 21.8 Å². The lowest BCUT2D eigenvalue weighted by molar-refractivity contribution is 0.0793. The van der Waals surface area contributed by atoms with E-state index in [1.54, 1.807) is 4.90 Å². The van der Waals surface area contributed by atoms with Gasteiger partial charge < -0.3 is 4.90 Å². The fraction of sp³-hybridized carbons (Fsp3) is 0.500. The molecular formula is C14H20BrNO. The Labute approximate surface area is 112 Å². The molecule has 0 spiro atoms. The summed E-state index contributed by atoms with van der Waals surface area (Å²) in [6.45, 7) is 2.86. The second-order valence-electron chi connectivity index (χ2n) is 4.34. The maximum atomic E-state index is 12.0. The number of aryl methyl sites for hydroxylation is 1. The molecule has 0 aliphatic heterocycles. The van der Waals surface area contributed by atoms with Crippen molar-refractivity contribution in [2.24, 2.45) is 0 Å². The maximum absolute atomic E-state index is 12.0. The zero-order chi connectivity index (χ0) is 12.7.